The zero-order valence-corrected chi connectivity index (χ0v) is 14.1. The number of anilines is 1. The summed E-state index contributed by atoms with van der Waals surface area (Å²) in [6.45, 7) is 2.38. The molecule has 0 unspecified atom stereocenters. The van der Waals surface area contributed by atoms with Crippen molar-refractivity contribution in [3.63, 3.8) is 0 Å². The molecule has 0 fully saturated rings. The van der Waals surface area contributed by atoms with Gasteiger partial charge in [0.1, 0.15) is 11.6 Å². The maximum atomic E-state index is 12.8. The molecule has 0 bridgehead atoms. The molecule has 0 aliphatic heterocycles. The van der Waals surface area contributed by atoms with Crippen molar-refractivity contribution in [2.24, 2.45) is 0 Å². The van der Waals surface area contributed by atoms with Crippen LogP contribution in [0, 0.1) is 5.82 Å². The molecule has 1 N–H and O–H groups in total. The molecular formula is C18H18FNO3S. The van der Waals surface area contributed by atoms with Crippen LogP contribution in [0.15, 0.2) is 48.5 Å². The van der Waals surface area contributed by atoms with E-state index in [-0.39, 0.29) is 29.0 Å². The van der Waals surface area contributed by atoms with Crippen LogP contribution in [0.3, 0.4) is 0 Å². The Balaban J connectivity index is 1.81. The van der Waals surface area contributed by atoms with Crippen LogP contribution in [-0.2, 0) is 4.79 Å². The van der Waals surface area contributed by atoms with Crippen LogP contribution in [0.5, 0.6) is 5.75 Å². The number of thioether (sulfide) groups is 1. The first-order valence-corrected chi connectivity index (χ1v) is 8.64. The Morgan fingerprint density at radius 1 is 1.08 bits per heavy atom. The summed E-state index contributed by atoms with van der Waals surface area (Å²) in [5.74, 6) is 0.188. The molecule has 2 aromatic carbocycles. The fourth-order valence-electron chi connectivity index (χ4n) is 1.99. The van der Waals surface area contributed by atoms with E-state index >= 15 is 0 Å². The SMILES string of the molecule is CCOc1ccccc1NC(=O)CSCC(=O)c1ccc(F)cc1. The molecule has 126 valence electrons. The molecule has 0 radical (unpaired) electrons. The average molecular weight is 347 g/mol. The van der Waals surface area contributed by atoms with Gasteiger partial charge < -0.3 is 10.1 Å². The van der Waals surface area contributed by atoms with Gasteiger partial charge in [-0.05, 0) is 43.3 Å². The van der Waals surface area contributed by atoms with Crippen LogP contribution in [0.1, 0.15) is 17.3 Å². The van der Waals surface area contributed by atoms with Crippen LogP contribution in [-0.4, -0.2) is 29.8 Å². The standard InChI is InChI=1S/C18H18FNO3S/c1-2-23-17-6-4-3-5-15(17)20-18(22)12-24-11-16(21)13-7-9-14(19)10-8-13/h3-10H,2,11-12H2,1H3,(H,20,22). The molecule has 0 saturated carbocycles. The average Bonchev–Trinajstić information content (AvgIpc) is 2.57. The van der Waals surface area contributed by atoms with Gasteiger partial charge in [-0.2, -0.15) is 0 Å². The fraction of sp³-hybridized carbons (Fsp3) is 0.222. The summed E-state index contributed by atoms with van der Waals surface area (Å²) in [7, 11) is 0. The lowest BCUT2D eigenvalue weighted by molar-refractivity contribution is -0.113. The zero-order chi connectivity index (χ0) is 17.4. The molecule has 4 nitrogen and oxygen atoms in total. The minimum Gasteiger partial charge on any atom is -0.492 e. The zero-order valence-electron chi connectivity index (χ0n) is 13.3. The Kier molecular flexibility index (Phi) is 6.81. The molecule has 1 amide bonds. The molecule has 6 heteroatoms. The van der Waals surface area contributed by atoms with E-state index in [1.165, 1.54) is 36.0 Å². The van der Waals surface area contributed by atoms with E-state index in [1.807, 2.05) is 19.1 Å². The largest absolute Gasteiger partial charge is 0.492 e. The first-order chi connectivity index (χ1) is 11.6. The number of amides is 1. The van der Waals surface area contributed by atoms with Crippen LogP contribution >= 0.6 is 11.8 Å². The van der Waals surface area contributed by atoms with Crippen molar-refractivity contribution in [1.29, 1.82) is 0 Å². The number of carbonyl (C=O) groups is 2. The monoisotopic (exact) mass is 347 g/mol. The van der Waals surface area contributed by atoms with Gasteiger partial charge in [0, 0.05) is 5.56 Å². The van der Waals surface area contributed by atoms with Crippen LogP contribution in [0.4, 0.5) is 10.1 Å². The smallest absolute Gasteiger partial charge is 0.234 e. The molecule has 0 spiro atoms. The van der Waals surface area contributed by atoms with Gasteiger partial charge in [-0.15, -0.1) is 11.8 Å². The Labute approximate surface area is 144 Å². The summed E-state index contributed by atoms with van der Waals surface area (Å²) in [5, 5.41) is 2.77. The fourth-order valence-corrected chi connectivity index (χ4v) is 2.70. The molecule has 2 aromatic rings. The van der Waals surface area contributed by atoms with Crippen molar-refractivity contribution < 1.29 is 18.7 Å². The van der Waals surface area contributed by atoms with Crippen molar-refractivity contribution in [3.8, 4) is 5.75 Å². The number of hydrogen-bond donors (Lipinski definition) is 1. The lowest BCUT2D eigenvalue weighted by Crippen LogP contribution is -2.16. The van der Waals surface area contributed by atoms with Crippen LogP contribution in [0.25, 0.3) is 0 Å². The highest BCUT2D eigenvalue weighted by Gasteiger charge is 2.10. The van der Waals surface area contributed by atoms with E-state index in [0.29, 0.717) is 23.6 Å². The first kappa shape index (κ1) is 18.0. The summed E-state index contributed by atoms with van der Waals surface area (Å²) < 4.78 is 18.3. The number of halogens is 1. The van der Waals surface area contributed by atoms with E-state index < -0.39 is 0 Å². The molecule has 0 aromatic heterocycles. The number of carbonyl (C=O) groups excluding carboxylic acids is 2. The topological polar surface area (TPSA) is 55.4 Å². The highest BCUT2D eigenvalue weighted by molar-refractivity contribution is 8.00. The Hall–Kier alpha value is -2.34. The second-order valence-corrected chi connectivity index (χ2v) is 5.89. The van der Waals surface area contributed by atoms with E-state index in [0.717, 1.165) is 0 Å². The van der Waals surface area contributed by atoms with Crippen molar-refractivity contribution in [3.05, 3.63) is 59.9 Å². The van der Waals surface area contributed by atoms with E-state index in [2.05, 4.69) is 5.32 Å². The third-order valence-electron chi connectivity index (χ3n) is 3.09. The van der Waals surface area contributed by atoms with Gasteiger partial charge >= 0.3 is 0 Å². The third kappa shape index (κ3) is 5.38. The number of para-hydroxylation sites is 2. The van der Waals surface area contributed by atoms with Gasteiger partial charge in [-0.3, -0.25) is 9.59 Å². The molecule has 0 heterocycles. The first-order valence-electron chi connectivity index (χ1n) is 7.48. The molecule has 0 atom stereocenters. The van der Waals surface area contributed by atoms with Gasteiger partial charge in [0.15, 0.2) is 5.78 Å². The molecule has 24 heavy (non-hydrogen) atoms. The minimum atomic E-state index is -0.383. The van der Waals surface area contributed by atoms with E-state index in [1.54, 1.807) is 12.1 Å². The predicted octanol–water partition coefficient (Wildman–Crippen LogP) is 3.78. The molecule has 2 rings (SSSR count). The third-order valence-corrected chi connectivity index (χ3v) is 4.03. The van der Waals surface area contributed by atoms with Gasteiger partial charge in [0.2, 0.25) is 5.91 Å². The summed E-state index contributed by atoms with van der Waals surface area (Å²) in [5.41, 5.74) is 1.04. The number of rotatable bonds is 8. The summed E-state index contributed by atoms with van der Waals surface area (Å²) in [4.78, 5) is 23.9. The Morgan fingerprint density at radius 2 is 1.79 bits per heavy atom. The van der Waals surface area contributed by atoms with Gasteiger partial charge in [-0.25, -0.2) is 4.39 Å². The predicted molar refractivity (Wildman–Crippen MR) is 94.3 cm³/mol. The number of nitrogens with one attached hydrogen (secondary N) is 1. The maximum Gasteiger partial charge on any atom is 0.234 e. The van der Waals surface area contributed by atoms with Gasteiger partial charge in [0.25, 0.3) is 0 Å². The number of ether oxygens (including phenoxy) is 1. The number of hydrogen-bond acceptors (Lipinski definition) is 4. The van der Waals surface area contributed by atoms with Crippen molar-refractivity contribution in [1.82, 2.24) is 0 Å². The quantitative estimate of drug-likeness (QED) is 0.739. The number of ketones is 1. The second kappa shape index (κ2) is 9.08. The van der Waals surface area contributed by atoms with E-state index in [9.17, 15) is 14.0 Å². The molecule has 0 aliphatic carbocycles. The summed E-state index contributed by atoms with van der Waals surface area (Å²) in [6, 6.07) is 12.6. The molecular weight excluding hydrogens is 329 g/mol. The Bertz CT molecular complexity index is 704. The lowest BCUT2D eigenvalue weighted by Gasteiger charge is -2.11. The second-order valence-electron chi connectivity index (χ2n) is 4.90. The highest BCUT2D eigenvalue weighted by atomic mass is 32.2. The van der Waals surface area contributed by atoms with Crippen molar-refractivity contribution in [2.75, 3.05) is 23.4 Å². The number of benzene rings is 2. The molecule has 0 saturated heterocycles. The summed E-state index contributed by atoms with van der Waals surface area (Å²) >= 11 is 1.21. The highest BCUT2D eigenvalue weighted by Crippen LogP contribution is 2.23. The van der Waals surface area contributed by atoms with Gasteiger partial charge in [-0.1, -0.05) is 12.1 Å². The van der Waals surface area contributed by atoms with Gasteiger partial charge in [0.05, 0.1) is 23.8 Å². The van der Waals surface area contributed by atoms with E-state index in [4.69, 9.17) is 4.74 Å². The summed E-state index contributed by atoms with van der Waals surface area (Å²) in [6.07, 6.45) is 0. The lowest BCUT2D eigenvalue weighted by atomic mass is 10.1. The molecule has 0 aliphatic rings. The van der Waals surface area contributed by atoms with Crippen LogP contribution < -0.4 is 10.1 Å². The maximum absolute atomic E-state index is 12.8. The normalized spacial score (nSPS) is 10.2. The Morgan fingerprint density at radius 3 is 2.50 bits per heavy atom. The number of Topliss-reactive ketones (excluding diaryl/α,β-unsaturated/α-hetero) is 1. The van der Waals surface area contributed by atoms with Crippen molar-refractivity contribution in [2.45, 2.75) is 6.92 Å². The van der Waals surface area contributed by atoms with Crippen molar-refractivity contribution >= 4 is 29.1 Å². The minimum absolute atomic E-state index is 0.137. The van der Waals surface area contributed by atoms with Crippen LogP contribution in [0.2, 0.25) is 0 Å².